The van der Waals surface area contributed by atoms with Crippen LogP contribution in [0.3, 0.4) is 0 Å². The molecule has 1 amide bonds. The van der Waals surface area contributed by atoms with E-state index in [2.05, 4.69) is 30.9 Å². The molecule has 2 bridgehead atoms. The van der Waals surface area contributed by atoms with E-state index in [4.69, 9.17) is 10.5 Å². The van der Waals surface area contributed by atoms with E-state index in [1.54, 1.807) is 7.11 Å². The number of hydrogen-bond acceptors (Lipinski definition) is 3. The number of benzene rings is 1. The van der Waals surface area contributed by atoms with Crippen molar-refractivity contribution in [3.8, 4) is 5.75 Å². The second-order valence-electron chi connectivity index (χ2n) is 8.22. The number of fused-ring (bicyclic) bond motifs is 2. The number of nitrogens with zero attached hydrogens (tertiary/aromatic N) is 1. The summed E-state index contributed by atoms with van der Waals surface area (Å²) < 4.78 is 5.23. The summed E-state index contributed by atoms with van der Waals surface area (Å²) >= 11 is 0. The number of likely N-dealkylation sites (N-methyl/N-ethyl adjacent to an activating group) is 1. The van der Waals surface area contributed by atoms with Gasteiger partial charge in [-0.05, 0) is 75.5 Å². The first-order valence-electron chi connectivity index (χ1n) is 10.2. The molecule has 2 N–H and O–H groups in total. The van der Waals surface area contributed by atoms with Gasteiger partial charge in [-0.2, -0.15) is 0 Å². The Bertz CT molecular complexity index is 593. The van der Waals surface area contributed by atoms with Crippen LogP contribution in [-0.4, -0.2) is 36.5 Å². The number of nitrogens with two attached hydrogens (primary N) is 1. The number of rotatable bonds is 6. The third-order valence-corrected chi connectivity index (χ3v) is 6.61. The van der Waals surface area contributed by atoms with E-state index in [0.717, 1.165) is 31.6 Å². The summed E-state index contributed by atoms with van der Waals surface area (Å²) in [5.41, 5.74) is 7.65. The Morgan fingerprint density at radius 3 is 2.33 bits per heavy atom. The van der Waals surface area contributed by atoms with Crippen LogP contribution >= 0.6 is 12.4 Å². The topological polar surface area (TPSA) is 55.6 Å². The van der Waals surface area contributed by atoms with E-state index in [-0.39, 0.29) is 24.4 Å². The highest BCUT2D eigenvalue weighted by Gasteiger charge is 2.41. The molecule has 4 nitrogen and oxygen atoms in total. The van der Waals surface area contributed by atoms with E-state index in [1.807, 2.05) is 12.1 Å². The Kier molecular flexibility index (Phi) is 7.99. The lowest BCUT2D eigenvalue weighted by Gasteiger charge is -2.45. The number of ether oxygens (including phenoxy) is 1. The number of hydrogen-bond donors (Lipinski definition) is 1. The molecule has 3 atom stereocenters. The maximum atomic E-state index is 13.3. The van der Waals surface area contributed by atoms with Gasteiger partial charge in [0.05, 0.1) is 7.11 Å². The molecule has 1 aromatic rings. The Balaban J connectivity index is 0.00000261. The summed E-state index contributed by atoms with van der Waals surface area (Å²) in [5.74, 6) is 2.48. The molecule has 2 saturated carbocycles. The third kappa shape index (κ3) is 4.97. The van der Waals surface area contributed by atoms with Crippen molar-refractivity contribution >= 4 is 18.3 Å². The smallest absolute Gasteiger partial charge is 0.225 e. The summed E-state index contributed by atoms with van der Waals surface area (Å²) in [7, 11) is 1.68. The molecular formula is C22H35ClN2O2. The molecule has 152 valence electrons. The second kappa shape index (κ2) is 9.79. The van der Waals surface area contributed by atoms with Crippen LogP contribution in [0.25, 0.3) is 0 Å². The lowest BCUT2D eigenvalue weighted by Crippen LogP contribution is -2.51. The van der Waals surface area contributed by atoms with Gasteiger partial charge in [0.15, 0.2) is 0 Å². The van der Waals surface area contributed by atoms with Crippen molar-refractivity contribution in [3.05, 3.63) is 29.8 Å². The Morgan fingerprint density at radius 2 is 1.81 bits per heavy atom. The van der Waals surface area contributed by atoms with E-state index < -0.39 is 0 Å². The summed E-state index contributed by atoms with van der Waals surface area (Å²) in [4.78, 5) is 15.3. The fourth-order valence-electron chi connectivity index (χ4n) is 5.12. The highest BCUT2D eigenvalue weighted by Crippen LogP contribution is 2.42. The zero-order chi connectivity index (χ0) is 18.7. The maximum Gasteiger partial charge on any atom is 0.225 e. The number of carbonyl (C=O) groups excluding carboxylic acids is 1. The number of methoxy groups -OCH3 is 1. The average Bonchev–Trinajstić information content (AvgIpc) is 2.62. The Hall–Kier alpha value is -1.26. The van der Waals surface area contributed by atoms with Crippen molar-refractivity contribution in [2.24, 2.45) is 23.5 Å². The molecule has 0 aromatic heterocycles. The zero-order valence-corrected chi connectivity index (χ0v) is 17.7. The third-order valence-electron chi connectivity index (χ3n) is 6.61. The van der Waals surface area contributed by atoms with Gasteiger partial charge >= 0.3 is 0 Å². The summed E-state index contributed by atoms with van der Waals surface area (Å²) in [6.45, 7) is 5.03. The molecule has 2 fully saturated rings. The van der Waals surface area contributed by atoms with Crippen LogP contribution < -0.4 is 10.5 Å². The van der Waals surface area contributed by atoms with Gasteiger partial charge in [0.1, 0.15) is 5.75 Å². The minimum atomic E-state index is 0. The first-order chi connectivity index (χ1) is 12.5. The number of carbonyl (C=O) groups is 1. The van der Waals surface area contributed by atoms with Crippen LogP contribution in [-0.2, 0) is 11.2 Å². The molecule has 0 aliphatic heterocycles. The van der Waals surface area contributed by atoms with Crippen LogP contribution in [0.4, 0.5) is 0 Å². The molecule has 2 aliphatic carbocycles. The monoisotopic (exact) mass is 394 g/mol. The molecule has 27 heavy (non-hydrogen) atoms. The first kappa shape index (κ1) is 22.0. The Labute approximate surface area is 170 Å². The predicted octanol–water partition coefficient (Wildman–Crippen LogP) is 4.05. The second-order valence-corrected chi connectivity index (χ2v) is 8.22. The Morgan fingerprint density at radius 1 is 1.22 bits per heavy atom. The largest absolute Gasteiger partial charge is 0.497 e. The van der Waals surface area contributed by atoms with Crippen molar-refractivity contribution in [2.75, 3.05) is 13.7 Å². The van der Waals surface area contributed by atoms with Gasteiger partial charge in [-0.25, -0.2) is 0 Å². The number of amides is 1. The molecule has 0 radical (unpaired) electrons. The lowest BCUT2D eigenvalue weighted by atomic mass is 9.65. The quantitative estimate of drug-likeness (QED) is 0.791. The van der Waals surface area contributed by atoms with Crippen LogP contribution in [0.15, 0.2) is 24.3 Å². The molecule has 0 spiro atoms. The first-order valence-corrected chi connectivity index (χ1v) is 10.2. The summed E-state index contributed by atoms with van der Waals surface area (Å²) in [6.07, 6.45) is 6.55. The van der Waals surface area contributed by atoms with E-state index >= 15 is 0 Å². The number of halogens is 1. The fourth-order valence-corrected chi connectivity index (χ4v) is 5.12. The standard InChI is InChI=1S/C22H34N2O2.ClH/c1-4-24(15(2)12-16-8-10-20(26-3)11-9-16)22(25)19-13-17-6-5-7-18(14-19)21(17)23;/h8-11,15,17-19,21H,4-7,12-14,23H2,1-3H3;1H. The molecule has 3 unspecified atom stereocenters. The maximum absolute atomic E-state index is 13.3. The van der Waals surface area contributed by atoms with Crippen LogP contribution in [0, 0.1) is 17.8 Å². The van der Waals surface area contributed by atoms with Crippen molar-refractivity contribution in [3.63, 3.8) is 0 Å². The normalized spacial score (nSPS) is 28.0. The van der Waals surface area contributed by atoms with E-state index in [0.29, 0.717) is 23.8 Å². The predicted molar refractivity (Wildman–Crippen MR) is 112 cm³/mol. The van der Waals surface area contributed by atoms with Crippen molar-refractivity contribution in [2.45, 2.75) is 64.5 Å². The van der Waals surface area contributed by atoms with Gasteiger partial charge in [-0.3, -0.25) is 4.79 Å². The van der Waals surface area contributed by atoms with Crippen LogP contribution in [0.5, 0.6) is 5.75 Å². The van der Waals surface area contributed by atoms with Crippen molar-refractivity contribution in [1.29, 1.82) is 0 Å². The van der Waals surface area contributed by atoms with Gasteiger partial charge in [0.25, 0.3) is 0 Å². The van der Waals surface area contributed by atoms with Gasteiger partial charge in [0, 0.05) is 24.5 Å². The molecule has 2 aliphatic rings. The SMILES string of the molecule is CCN(C(=O)C1CC2CCCC(C1)C2N)C(C)Cc1ccc(OC)cc1.Cl. The molecule has 0 saturated heterocycles. The minimum Gasteiger partial charge on any atom is -0.497 e. The summed E-state index contributed by atoms with van der Waals surface area (Å²) in [6, 6.07) is 8.69. The van der Waals surface area contributed by atoms with E-state index in [1.165, 1.54) is 24.8 Å². The summed E-state index contributed by atoms with van der Waals surface area (Å²) in [5, 5.41) is 0. The minimum absolute atomic E-state index is 0. The highest BCUT2D eigenvalue weighted by atomic mass is 35.5. The molecule has 5 heteroatoms. The molecule has 1 aromatic carbocycles. The van der Waals surface area contributed by atoms with Gasteiger partial charge < -0.3 is 15.4 Å². The van der Waals surface area contributed by atoms with E-state index in [9.17, 15) is 4.79 Å². The van der Waals surface area contributed by atoms with Gasteiger partial charge in [-0.1, -0.05) is 18.6 Å². The van der Waals surface area contributed by atoms with Crippen LogP contribution in [0.1, 0.15) is 51.5 Å². The molecule has 3 rings (SSSR count). The van der Waals surface area contributed by atoms with Crippen molar-refractivity contribution in [1.82, 2.24) is 4.90 Å². The zero-order valence-electron chi connectivity index (χ0n) is 16.9. The molecule has 0 heterocycles. The van der Waals surface area contributed by atoms with Crippen LogP contribution in [0.2, 0.25) is 0 Å². The lowest BCUT2D eigenvalue weighted by molar-refractivity contribution is -0.140. The average molecular weight is 395 g/mol. The fraction of sp³-hybridized carbons (Fsp3) is 0.682. The van der Waals surface area contributed by atoms with Crippen molar-refractivity contribution < 1.29 is 9.53 Å². The van der Waals surface area contributed by atoms with Gasteiger partial charge in [-0.15, -0.1) is 12.4 Å². The molecular weight excluding hydrogens is 360 g/mol. The highest BCUT2D eigenvalue weighted by molar-refractivity contribution is 5.85. The van der Waals surface area contributed by atoms with Gasteiger partial charge in [0.2, 0.25) is 5.91 Å².